The number of ether oxygens (including phenoxy) is 1. The van der Waals surface area contributed by atoms with Crippen molar-refractivity contribution in [1.82, 2.24) is 20.0 Å². The average Bonchev–Trinajstić information content (AvgIpc) is 3.35. The molecule has 1 heterocycles. The first-order valence-corrected chi connectivity index (χ1v) is 11.1. The largest absolute Gasteiger partial charge is 0.476 e. The van der Waals surface area contributed by atoms with Crippen LogP contribution in [0.2, 0.25) is 0 Å². The van der Waals surface area contributed by atoms with Gasteiger partial charge in [-0.3, -0.25) is 9.48 Å². The fraction of sp³-hybridized carbons (Fsp3) is 0.280. The third kappa shape index (κ3) is 5.17. The number of benzene rings is 2. The first-order valence-electron chi connectivity index (χ1n) is 11.1. The summed E-state index contributed by atoms with van der Waals surface area (Å²) in [5.41, 5.74) is 4.23. The number of anilines is 1. The zero-order valence-corrected chi connectivity index (χ0v) is 19.7. The molecule has 1 aromatic heterocycles. The van der Waals surface area contributed by atoms with E-state index in [9.17, 15) is 14.4 Å². The summed E-state index contributed by atoms with van der Waals surface area (Å²) in [6, 6.07) is 16.4. The minimum atomic E-state index is -1.21. The smallest absolute Gasteiger partial charge is 0.407 e. The Morgan fingerprint density at radius 2 is 1.69 bits per heavy atom. The van der Waals surface area contributed by atoms with E-state index in [0.717, 1.165) is 22.3 Å². The number of likely N-dealkylation sites (N-methyl/N-ethyl adjacent to an activating group) is 1. The van der Waals surface area contributed by atoms with Crippen molar-refractivity contribution in [3.8, 4) is 11.1 Å². The van der Waals surface area contributed by atoms with Crippen LogP contribution < -0.4 is 10.6 Å². The molecule has 0 bridgehead atoms. The topological polar surface area (TPSA) is 126 Å². The lowest BCUT2D eigenvalue weighted by molar-refractivity contribution is -0.118. The number of aryl methyl sites for hydroxylation is 1. The van der Waals surface area contributed by atoms with Gasteiger partial charge in [0.15, 0.2) is 5.69 Å². The number of alkyl carbamates (subject to hydrolysis) is 1. The summed E-state index contributed by atoms with van der Waals surface area (Å²) >= 11 is 0. The van der Waals surface area contributed by atoms with Crippen LogP contribution >= 0.6 is 0 Å². The van der Waals surface area contributed by atoms with Crippen LogP contribution in [0.15, 0.2) is 54.6 Å². The zero-order valence-electron chi connectivity index (χ0n) is 19.7. The zero-order chi connectivity index (χ0) is 25.1. The molecule has 0 fully saturated rings. The van der Waals surface area contributed by atoms with E-state index in [1.807, 2.05) is 36.4 Å². The van der Waals surface area contributed by atoms with Crippen molar-refractivity contribution in [3.63, 3.8) is 0 Å². The van der Waals surface area contributed by atoms with Crippen LogP contribution in [0.3, 0.4) is 0 Å². The normalized spacial score (nSPS) is 13.1. The van der Waals surface area contributed by atoms with Crippen LogP contribution in [0, 0.1) is 0 Å². The second-order valence-electron chi connectivity index (χ2n) is 8.62. The number of fused-ring (bicyclic) bond motifs is 3. The molecule has 3 N–H and O–H groups in total. The van der Waals surface area contributed by atoms with Gasteiger partial charge >= 0.3 is 12.1 Å². The lowest BCUT2D eigenvalue weighted by Crippen LogP contribution is -2.49. The van der Waals surface area contributed by atoms with Crippen LogP contribution in [0.25, 0.3) is 11.1 Å². The summed E-state index contributed by atoms with van der Waals surface area (Å²) in [5.74, 6) is -1.63. The minimum Gasteiger partial charge on any atom is -0.476 e. The number of carboxylic acid groups (broad SMARTS) is 1. The molecule has 3 aromatic rings. The van der Waals surface area contributed by atoms with Crippen molar-refractivity contribution in [2.75, 3.05) is 32.6 Å². The predicted octanol–water partition coefficient (Wildman–Crippen LogP) is 2.53. The van der Waals surface area contributed by atoms with Crippen LogP contribution in [0.4, 0.5) is 10.6 Å². The van der Waals surface area contributed by atoms with Crippen molar-refractivity contribution in [2.24, 2.45) is 7.05 Å². The van der Waals surface area contributed by atoms with E-state index in [1.165, 1.54) is 17.8 Å². The van der Waals surface area contributed by atoms with Crippen LogP contribution in [-0.2, 0) is 16.6 Å². The van der Waals surface area contributed by atoms with Gasteiger partial charge < -0.3 is 25.4 Å². The molecule has 0 radical (unpaired) electrons. The molecule has 1 atom stereocenters. The summed E-state index contributed by atoms with van der Waals surface area (Å²) in [6.07, 6.45) is -0.718. The molecule has 182 valence electrons. The molecule has 10 heteroatoms. The Bertz CT molecular complexity index is 1220. The van der Waals surface area contributed by atoms with Gasteiger partial charge in [-0.15, -0.1) is 0 Å². The summed E-state index contributed by atoms with van der Waals surface area (Å²) in [6.45, 7) is 0.333. The van der Waals surface area contributed by atoms with Crippen LogP contribution in [0.5, 0.6) is 0 Å². The highest BCUT2D eigenvalue weighted by Crippen LogP contribution is 2.44. The number of nitrogens with zero attached hydrogens (tertiary/aromatic N) is 3. The molecule has 2 amide bonds. The van der Waals surface area contributed by atoms with Gasteiger partial charge in [-0.2, -0.15) is 5.10 Å². The number of carboxylic acids is 1. The molecule has 0 spiro atoms. The van der Waals surface area contributed by atoms with Crippen LogP contribution in [-0.4, -0.2) is 71.0 Å². The number of aromatic carboxylic acids is 1. The monoisotopic (exact) mass is 477 g/mol. The SMILES string of the molecule is CN(C)CC(NC(=O)OCC1c2ccccc2-c2ccccc21)C(=O)Nc1cc(C(=O)O)nn1C. The van der Waals surface area contributed by atoms with Gasteiger partial charge in [0.05, 0.1) is 0 Å². The summed E-state index contributed by atoms with van der Waals surface area (Å²) in [4.78, 5) is 38.5. The van der Waals surface area contributed by atoms with Crippen molar-refractivity contribution in [2.45, 2.75) is 12.0 Å². The molecule has 4 rings (SSSR count). The van der Waals surface area contributed by atoms with Gasteiger partial charge in [-0.1, -0.05) is 48.5 Å². The molecule has 10 nitrogen and oxygen atoms in total. The summed E-state index contributed by atoms with van der Waals surface area (Å²) in [5, 5.41) is 18.2. The second-order valence-corrected chi connectivity index (χ2v) is 8.62. The van der Waals surface area contributed by atoms with E-state index in [1.54, 1.807) is 19.0 Å². The molecule has 1 aliphatic rings. The van der Waals surface area contributed by atoms with Crippen molar-refractivity contribution in [3.05, 3.63) is 71.4 Å². The van der Waals surface area contributed by atoms with Gasteiger partial charge in [0.2, 0.25) is 5.91 Å². The van der Waals surface area contributed by atoms with E-state index in [2.05, 4.69) is 27.9 Å². The van der Waals surface area contributed by atoms with Crippen molar-refractivity contribution in [1.29, 1.82) is 0 Å². The Hall–Kier alpha value is -4.18. The quantitative estimate of drug-likeness (QED) is 0.455. The fourth-order valence-electron chi connectivity index (χ4n) is 4.24. The Kier molecular flexibility index (Phi) is 6.83. The van der Waals surface area contributed by atoms with E-state index >= 15 is 0 Å². The number of rotatable bonds is 8. The number of amides is 2. The highest BCUT2D eigenvalue weighted by molar-refractivity contribution is 5.97. The number of hydrogen-bond donors (Lipinski definition) is 3. The number of aromatic nitrogens is 2. The molecule has 0 saturated carbocycles. The molecule has 1 aliphatic carbocycles. The Morgan fingerprint density at radius 3 is 2.23 bits per heavy atom. The van der Waals surface area contributed by atoms with E-state index in [4.69, 9.17) is 9.84 Å². The predicted molar refractivity (Wildman–Crippen MR) is 129 cm³/mol. The number of hydrogen-bond acceptors (Lipinski definition) is 6. The van der Waals surface area contributed by atoms with Gasteiger partial charge in [-0.25, -0.2) is 9.59 Å². The van der Waals surface area contributed by atoms with Gasteiger partial charge in [-0.05, 0) is 36.3 Å². The Morgan fingerprint density at radius 1 is 1.09 bits per heavy atom. The molecule has 0 saturated heterocycles. The van der Waals surface area contributed by atoms with Gasteiger partial charge in [0, 0.05) is 25.6 Å². The maximum atomic E-state index is 12.9. The summed E-state index contributed by atoms with van der Waals surface area (Å²) in [7, 11) is 5.06. The molecular weight excluding hydrogens is 450 g/mol. The van der Waals surface area contributed by atoms with Crippen LogP contribution in [0.1, 0.15) is 27.5 Å². The lowest BCUT2D eigenvalue weighted by atomic mass is 9.98. The number of nitrogens with one attached hydrogen (secondary N) is 2. The maximum absolute atomic E-state index is 12.9. The summed E-state index contributed by atoms with van der Waals surface area (Å²) < 4.78 is 6.82. The first-order chi connectivity index (χ1) is 16.7. The molecule has 0 aliphatic heterocycles. The first kappa shape index (κ1) is 24.0. The highest BCUT2D eigenvalue weighted by Gasteiger charge is 2.30. The highest BCUT2D eigenvalue weighted by atomic mass is 16.5. The Balaban J connectivity index is 1.43. The van der Waals surface area contributed by atoms with Gasteiger partial charge in [0.1, 0.15) is 18.5 Å². The molecule has 35 heavy (non-hydrogen) atoms. The maximum Gasteiger partial charge on any atom is 0.407 e. The van der Waals surface area contributed by atoms with Gasteiger partial charge in [0.25, 0.3) is 0 Å². The van der Waals surface area contributed by atoms with E-state index < -0.39 is 24.0 Å². The Labute approximate surface area is 202 Å². The average molecular weight is 478 g/mol. The van der Waals surface area contributed by atoms with E-state index in [-0.39, 0.29) is 30.6 Å². The van der Waals surface area contributed by atoms with Crippen molar-refractivity contribution < 1.29 is 24.2 Å². The number of carbonyl (C=O) groups is 3. The third-order valence-corrected chi connectivity index (χ3v) is 5.85. The van der Waals surface area contributed by atoms with Crippen molar-refractivity contribution >= 4 is 23.8 Å². The minimum absolute atomic E-state index is 0.0989. The second kappa shape index (κ2) is 9.98. The molecule has 1 unspecified atom stereocenters. The number of carbonyl (C=O) groups excluding carboxylic acids is 2. The lowest BCUT2D eigenvalue weighted by Gasteiger charge is -2.22. The fourth-order valence-corrected chi connectivity index (χ4v) is 4.24. The standard InChI is InChI=1S/C25H27N5O5/c1-29(2)13-21(23(31)27-22-12-20(24(32)33)28-30(22)3)26-25(34)35-14-19-17-10-6-4-8-15(17)16-9-5-7-11-18(16)19/h4-12,19,21H,13-14H2,1-3H3,(H,26,34)(H,27,31)(H,32,33). The molecule has 2 aromatic carbocycles. The molecular formula is C25H27N5O5. The third-order valence-electron chi connectivity index (χ3n) is 5.85. The van der Waals surface area contributed by atoms with E-state index in [0.29, 0.717) is 0 Å².